The molecule has 0 radical (unpaired) electrons. The fraction of sp³-hybridized carbons (Fsp3) is 1.00. The second-order valence-electron chi connectivity index (χ2n) is 4.28. The van der Waals surface area contributed by atoms with Crippen LogP contribution in [-0.2, 0) is 9.47 Å². The van der Waals surface area contributed by atoms with Crippen molar-refractivity contribution in [1.29, 1.82) is 0 Å². The van der Waals surface area contributed by atoms with Crippen molar-refractivity contribution in [2.45, 2.75) is 38.8 Å². The molecule has 92 valence electrons. The van der Waals surface area contributed by atoms with Gasteiger partial charge >= 0.3 is 0 Å². The van der Waals surface area contributed by atoms with Crippen molar-refractivity contribution in [2.75, 3.05) is 33.5 Å². The van der Waals surface area contributed by atoms with E-state index in [0.29, 0.717) is 6.61 Å². The lowest BCUT2D eigenvalue weighted by atomic mass is 9.99. The van der Waals surface area contributed by atoms with Gasteiger partial charge in [0.05, 0.1) is 12.7 Å². The fourth-order valence-electron chi connectivity index (χ4n) is 1.00. The first kappa shape index (κ1) is 14.8. The molecule has 0 aliphatic heterocycles. The molecule has 0 fully saturated rings. The quantitative estimate of drug-likeness (QED) is 0.563. The lowest BCUT2D eigenvalue weighted by molar-refractivity contribution is 0.0746. The van der Waals surface area contributed by atoms with Crippen molar-refractivity contribution >= 4 is 0 Å². The molecule has 4 heteroatoms. The van der Waals surface area contributed by atoms with Crippen LogP contribution >= 0.6 is 0 Å². The number of rotatable bonds is 9. The Hall–Kier alpha value is -0.160. The van der Waals surface area contributed by atoms with Gasteiger partial charge in [0, 0.05) is 32.4 Å². The summed E-state index contributed by atoms with van der Waals surface area (Å²) in [6, 6.07) is 0. The van der Waals surface area contributed by atoms with E-state index in [0.717, 1.165) is 26.2 Å². The van der Waals surface area contributed by atoms with Crippen LogP contribution in [0.25, 0.3) is 0 Å². The average Bonchev–Trinajstić information content (AvgIpc) is 2.16. The van der Waals surface area contributed by atoms with Gasteiger partial charge in [-0.05, 0) is 27.2 Å². The van der Waals surface area contributed by atoms with Gasteiger partial charge in [0.2, 0.25) is 0 Å². The highest BCUT2D eigenvalue weighted by Crippen LogP contribution is 2.07. The van der Waals surface area contributed by atoms with E-state index in [1.54, 1.807) is 14.0 Å². The van der Waals surface area contributed by atoms with E-state index in [4.69, 9.17) is 9.47 Å². The molecule has 4 nitrogen and oxygen atoms in total. The van der Waals surface area contributed by atoms with Crippen LogP contribution in [0.15, 0.2) is 0 Å². The number of aliphatic hydroxyl groups is 1. The minimum Gasteiger partial charge on any atom is -0.392 e. The Bertz CT molecular complexity index is 149. The molecule has 0 heterocycles. The topological polar surface area (TPSA) is 50.7 Å². The monoisotopic (exact) mass is 219 g/mol. The number of nitrogens with one attached hydrogen (secondary N) is 1. The van der Waals surface area contributed by atoms with Crippen molar-refractivity contribution in [3.05, 3.63) is 0 Å². The van der Waals surface area contributed by atoms with Gasteiger partial charge in [-0.2, -0.15) is 0 Å². The minimum absolute atomic E-state index is 0.254. The van der Waals surface area contributed by atoms with Crippen LogP contribution in [0, 0.1) is 0 Å². The zero-order valence-corrected chi connectivity index (χ0v) is 10.4. The summed E-state index contributed by atoms with van der Waals surface area (Å²) in [4.78, 5) is 0. The molecular formula is C11H25NO3. The predicted molar refractivity (Wildman–Crippen MR) is 61.1 cm³/mol. The van der Waals surface area contributed by atoms with Crippen LogP contribution < -0.4 is 5.32 Å². The second kappa shape index (κ2) is 8.05. The molecule has 0 aliphatic carbocycles. The van der Waals surface area contributed by atoms with Crippen molar-refractivity contribution in [2.24, 2.45) is 0 Å². The molecular weight excluding hydrogens is 194 g/mol. The molecule has 0 rings (SSSR count). The van der Waals surface area contributed by atoms with Crippen LogP contribution in [0.5, 0.6) is 0 Å². The highest BCUT2D eigenvalue weighted by molar-refractivity contribution is 4.82. The third-order valence-corrected chi connectivity index (χ3v) is 2.51. The maximum Gasteiger partial charge on any atom is 0.0688 e. The van der Waals surface area contributed by atoms with E-state index in [-0.39, 0.29) is 11.6 Å². The Kier molecular flexibility index (Phi) is 7.96. The summed E-state index contributed by atoms with van der Waals surface area (Å²) in [5, 5.41) is 12.7. The minimum atomic E-state index is -0.369. The van der Waals surface area contributed by atoms with Gasteiger partial charge in [-0.25, -0.2) is 0 Å². The molecule has 0 aromatic rings. The van der Waals surface area contributed by atoms with Crippen molar-refractivity contribution in [3.63, 3.8) is 0 Å². The summed E-state index contributed by atoms with van der Waals surface area (Å²) in [5.41, 5.74) is -0.254. The molecule has 1 atom stereocenters. The van der Waals surface area contributed by atoms with Crippen molar-refractivity contribution in [1.82, 2.24) is 5.32 Å². The number of methoxy groups -OCH3 is 1. The van der Waals surface area contributed by atoms with Gasteiger partial charge in [0.1, 0.15) is 0 Å². The summed E-state index contributed by atoms with van der Waals surface area (Å²) in [5.74, 6) is 0. The number of hydrogen-bond acceptors (Lipinski definition) is 4. The van der Waals surface area contributed by atoms with Crippen LogP contribution in [0.4, 0.5) is 0 Å². The number of hydrogen-bond donors (Lipinski definition) is 2. The lowest BCUT2D eigenvalue weighted by Gasteiger charge is -2.29. The molecule has 2 N–H and O–H groups in total. The Morgan fingerprint density at radius 2 is 1.93 bits per heavy atom. The van der Waals surface area contributed by atoms with Crippen LogP contribution in [0.3, 0.4) is 0 Å². The predicted octanol–water partition coefficient (Wildman–Crippen LogP) is 0.788. The van der Waals surface area contributed by atoms with E-state index in [9.17, 15) is 5.11 Å². The highest BCUT2D eigenvalue weighted by atomic mass is 16.5. The van der Waals surface area contributed by atoms with Gasteiger partial charge in [0.25, 0.3) is 0 Å². The van der Waals surface area contributed by atoms with Gasteiger partial charge in [-0.3, -0.25) is 0 Å². The summed E-state index contributed by atoms with van der Waals surface area (Å²) >= 11 is 0. The van der Waals surface area contributed by atoms with Crippen LogP contribution in [0.1, 0.15) is 27.2 Å². The summed E-state index contributed by atoms with van der Waals surface area (Å²) < 4.78 is 10.3. The standard InChI is InChI=1S/C11H25NO3/c1-10(13)11(2,3)12-6-9-15-8-5-7-14-4/h10,12-13H,5-9H2,1-4H3. The van der Waals surface area contributed by atoms with E-state index in [2.05, 4.69) is 5.32 Å². The van der Waals surface area contributed by atoms with E-state index in [1.807, 2.05) is 13.8 Å². The molecule has 0 spiro atoms. The third-order valence-electron chi connectivity index (χ3n) is 2.51. The normalized spacial score (nSPS) is 14.2. The van der Waals surface area contributed by atoms with Gasteiger partial charge in [-0.15, -0.1) is 0 Å². The maximum atomic E-state index is 9.43. The maximum absolute atomic E-state index is 9.43. The molecule has 0 aliphatic rings. The third kappa shape index (κ3) is 7.73. The Morgan fingerprint density at radius 1 is 1.27 bits per heavy atom. The largest absolute Gasteiger partial charge is 0.392 e. The first-order valence-corrected chi connectivity index (χ1v) is 5.50. The summed E-state index contributed by atoms with van der Waals surface area (Å²) in [6.45, 7) is 8.62. The smallest absolute Gasteiger partial charge is 0.0688 e. The molecule has 15 heavy (non-hydrogen) atoms. The lowest BCUT2D eigenvalue weighted by Crippen LogP contribution is -2.49. The fourth-order valence-corrected chi connectivity index (χ4v) is 1.00. The first-order valence-electron chi connectivity index (χ1n) is 5.50. The molecule has 0 saturated carbocycles. The molecule has 1 unspecified atom stereocenters. The van der Waals surface area contributed by atoms with Gasteiger partial charge < -0.3 is 19.9 Å². The molecule has 0 saturated heterocycles. The molecule has 0 bridgehead atoms. The Morgan fingerprint density at radius 3 is 2.47 bits per heavy atom. The SMILES string of the molecule is COCCCOCCNC(C)(C)C(C)O. The highest BCUT2D eigenvalue weighted by Gasteiger charge is 2.22. The average molecular weight is 219 g/mol. The summed E-state index contributed by atoms with van der Waals surface area (Å²) in [7, 11) is 1.69. The molecule has 0 amide bonds. The van der Waals surface area contributed by atoms with E-state index in [1.165, 1.54) is 0 Å². The Labute approximate surface area is 93.0 Å². The van der Waals surface area contributed by atoms with Crippen molar-refractivity contribution < 1.29 is 14.6 Å². The Balaban J connectivity index is 3.31. The number of ether oxygens (including phenoxy) is 2. The second-order valence-corrected chi connectivity index (χ2v) is 4.28. The van der Waals surface area contributed by atoms with Crippen molar-refractivity contribution in [3.8, 4) is 0 Å². The first-order chi connectivity index (χ1) is 7.00. The van der Waals surface area contributed by atoms with Gasteiger partial charge in [0.15, 0.2) is 0 Å². The zero-order chi connectivity index (χ0) is 11.7. The zero-order valence-electron chi connectivity index (χ0n) is 10.4. The van der Waals surface area contributed by atoms with Gasteiger partial charge in [-0.1, -0.05) is 0 Å². The van der Waals surface area contributed by atoms with Crippen LogP contribution in [0.2, 0.25) is 0 Å². The summed E-state index contributed by atoms with van der Waals surface area (Å²) in [6.07, 6.45) is 0.557. The molecule has 0 aromatic heterocycles. The van der Waals surface area contributed by atoms with Crippen LogP contribution in [-0.4, -0.2) is 50.2 Å². The number of aliphatic hydroxyl groups excluding tert-OH is 1. The molecule has 0 aromatic carbocycles. The van der Waals surface area contributed by atoms with E-state index >= 15 is 0 Å². The van der Waals surface area contributed by atoms with E-state index < -0.39 is 0 Å².